The molecule has 0 amide bonds. The van der Waals surface area contributed by atoms with Gasteiger partial charge in [-0.2, -0.15) is 0 Å². The summed E-state index contributed by atoms with van der Waals surface area (Å²) >= 11 is 0. The van der Waals surface area contributed by atoms with Gasteiger partial charge in [-0.3, -0.25) is 0 Å². The number of aryl methyl sites for hydroxylation is 1. The van der Waals surface area contributed by atoms with Gasteiger partial charge in [0.15, 0.2) is 0 Å². The smallest absolute Gasteiger partial charge is 0.242 e. The van der Waals surface area contributed by atoms with E-state index in [0.29, 0.717) is 18.0 Å². The van der Waals surface area contributed by atoms with Crippen molar-refractivity contribution in [1.29, 1.82) is 0 Å². The lowest BCUT2D eigenvalue weighted by atomic mass is 9.98. The minimum atomic E-state index is -3.42. The quantitative estimate of drug-likeness (QED) is 0.832. The Morgan fingerprint density at radius 3 is 2.47 bits per heavy atom. The first kappa shape index (κ1) is 16.2. The average Bonchev–Trinajstić information content (AvgIpc) is 2.65. The first-order valence-electron chi connectivity index (χ1n) is 6.51. The maximum Gasteiger partial charge on any atom is 0.242 e. The van der Waals surface area contributed by atoms with Gasteiger partial charge in [0.05, 0.1) is 4.90 Å². The summed E-state index contributed by atoms with van der Waals surface area (Å²) in [5.74, 6) is 0. The van der Waals surface area contributed by atoms with Crippen LogP contribution in [0.5, 0.6) is 0 Å². The highest BCUT2D eigenvalue weighted by atomic mass is 32.2. The van der Waals surface area contributed by atoms with Gasteiger partial charge in [-0.25, -0.2) is 13.1 Å². The molecule has 0 unspecified atom stereocenters. The molecule has 0 saturated heterocycles. The molecule has 0 spiro atoms. The minimum Gasteiger partial charge on any atom is -0.352 e. The molecule has 0 saturated carbocycles. The maximum absolute atomic E-state index is 12.2. The molecule has 1 aromatic rings. The highest BCUT2D eigenvalue weighted by molar-refractivity contribution is 7.89. The molecular weight excluding hydrogens is 262 g/mol. The molecule has 1 heterocycles. The van der Waals surface area contributed by atoms with Crippen LogP contribution in [0.2, 0.25) is 0 Å². The van der Waals surface area contributed by atoms with Crippen LogP contribution in [-0.4, -0.2) is 26.1 Å². The van der Waals surface area contributed by atoms with E-state index in [1.807, 2.05) is 39.3 Å². The van der Waals surface area contributed by atoms with Gasteiger partial charge < -0.3 is 9.88 Å². The Labute approximate surface area is 116 Å². The lowest BCUT2D eigenvalue weighted by molar-refractivity contribution is 0.407. The molecule has 5 nitrogen and oxygen atoms in total. The van der Waals surface area contributed by atoms with Gasteiger partial charge >= 0.3 is 0 Å². The third kappa shape index (κ3) is 4.97. The molecule has 0 aliphatic rings. The number of aromatic nitrogens is 1. The molecular formula is C13H25N3O2S. The van der Waals surface area contributed by atoms with Gasteiger partial charge in [-0.05, 0) is 18.0 Å². The summed E-state index contributed by atoms with van der Waals surface area (Å²) in [4.78, 5) is 0.326. The van der Waals surface area contributed by atoms with Crippen LogP contribution >= 0.6 is 0 Å². The normalized spacial score (nSPS) is 12.9. The Kier molecular flexibility index (Phi) is 5.18. The molecule has 0 fully saturated rings. The second-order valence-electron chi connectivity index (χ2n) is 5.94. The fraction of sp³-hybridized carbons (Fsp3) is 0.692. The van der Waals surface area contributed by atoms with E-state index in [1.54, 1.807) is 12.3 Å². The van der Waals surface area contributed by atoms with E-state index in [-0.39, 0.29) is 5.41 Å². The Balaban J connectivity index is 2.84. The number of hydrogen-bond donors (Lipinski definition) is 2. The number of nitrogens with one attached hydrogen (secondary N) is 2. The Bertz CT molecular complexity index is 512. The molecule has 0 aliphatic carbocycles. The molecule has 0 radical (unpaired) electrons. The maximum atomic E-state index is 12.2. The van der Waals surface area contributed by atoms with Gasteiger partial charge in [-0.1, -0.05) is 27.7 Å². The van der Waals surface area contributed by atoms with Crippen LogP contribution in [-0.2, 0) is 23.6 Å². The standard InChI is InChI=1S/C13H25N3O2S/c1-6-14-8-11-7-12(9-16(11)5)19(17,18)15-10-13(2,3)4/h7,9,14-15H,6,8,10H2,1-5H3. The minimum absolute atomic E-state index is 0.0750. The fourth-order valence-corrected chi connectivity index (χ4v) is 2.93. The summed E-state index contributed by atoms with van der Waals surface area (Å²) in [5, 5.41) is 3.19. The predicted molar refractivity (Wildman–Crippen MR) is 77.4 cm³/mol. The molecule has 0 atom stereocenters. The molecule has 110 valence electrons. The van der Waals surface area contributed by atoms with Gasteiger partial charge in [0.25, 0.3) is 0 Å². The molecule has 19 heavy (non-hydrogen) atoms. The van der Waals surface area contributed by atoms with E-state index >= 15 is 0 Å². The average molecular weight is 287 g/mol. The van der Waals surface area contributed by atoms with Crippen LogP contribution in [0.4, 0.5) is 0 Å². The highest BCUT2D eigenvalue weighted by Gasteiger charge is 2.20. The number of rotatable bonds is 6. The van der Waals surface area contributed by atoms with Crippen molar-refractivity contribution in [1.82, 2.24) is 14.6 Å². The van der Waals surface area contributed by atoms with Crippen LogP contribution in [0, 0.1) is 5.41 Å². The summed E-state index contributed by atoms with van der Waals surface area (Å²) < 4.78 is 28.8. The van der Waals surface area contributed by atoms with E-state index in [1.165, 1.54) is 0 Å². The second kappa shape index (κ2) is 6.07. The Morgan fingerprint density at radius 2 is 1.95 bits per heavy atom. The van der Waals surface area contributed by atoms with E-state index in [0.717, 1.165) is 12.2 Å². The fourth-order valence-electron chi connectivity index (χ4n) is 1.55. The Hall–Kier alpha value is -0.850. The van der Waals surface area contributed by atoms with Crippen LogP contribution in [0.1, 0.15) is 33.4 Å². The largest absolute Gasteiger partial charge is 0.352 e. The SMILES string of the molecule is CCNCc1cc(S(=O)(=O)NCC(C)(C)C)cn1C. The van der Waals surface area contributed by atoms with Crippen LogP contribution < -0.4 is 10.0 Å². The van der Waals surface area contributed by atoms with Crippen molar-refractivity contribution < 1.29 is 8.42 Å². The molecule has 1 aromatic heterocycles. The molecule has 0 aliphatic heterocycles. The van der Waals surface area contributed by atoms with Crippen molar-refractivity contribution in [3.05, 3.63) is 18.0 Å². The monoisotopic (exact) mass is 287 g/mol. The zero-order chi connectivity index (χ0) is 14.7. The van der Waals surface area contributed by atoms with E-state index in [2.05, 4.69) is 10.0 Å². The van der Waals surface area contributed by atoms with Crippen LogP contribution in [0.15, 0.2) is 17.2 Å². The third-order valence-corrected chi connectivity index (χ3v) is 4.11. The van der Waals surface area contributed by atoms with Gasteiger partial charge in [-0.15, -0.1) is 0 Å². The molecule has 0 aromatic carbocycles. The summed E-state index contributed by atoms with van der Waals surface area (Å²) in [6.07, 6.45) is 1.65. The predicted octanol–water partition coefficient (Wildman–Crippen LogP) is 1.46. The lowest BCUT2D eigenvalue weighted by Gasteiger charge is -2.18. The van der Waals surface area contributed by atoms with Crippen molar-refractivity contribution in [2.45, 2.75) is 39.1 Å². The Morgan fingerprint density at radius 1 is 1.32 bits per heavy atom. The van der Waals surface area contributed by atoms with Gasteiger partial charge in [0.1, 0.15) is 0 Å². The topological polar surface area (TPSA) is 63.1 Å². The zero-order valence-corrected chi connectivity index (χ0v) is 13.3. The summed E-state index contributed by atoms with van der Waals surface area (Å²) in [7, 11) is -1.56. The molecule has 2 N–H and O–H groups in total. The van der Waals surface area contributed by atoms with Crippen molar-refractivity contribution in [2.75, 3.05) is 13.1 Å². The van der Waals surface area contributed by atoms with Crippen LogP contribution in [0.3, 0.4) is 0 Å². The van der Waals surface area contributed by atoms with Crippen LogP contribution in [0.25, 0.3) is 0 Å². The first-order valence-corrected chi connectivity index (χ1v) is 7.99. The van der Waals surface area contributed by atoms with E-state index < -0.39 is 10.0 Å². The highest BCUT2D eigenvalue weighted by Crippen LogP contribution is 2.16. The third-order valence-electron chi connectivity index (χ3n) is 2.74. The van der Waals surface area contributed by atoms with Gasteiger partial charge in [0.2, 0.25) is 10.0 Å². The van der Waals surface area contributed by atoms with Gasteiger partial charge in [0, 0.05) is 32.0 Å². The molecule has 1 rings (SSSR count). The zero-order valence-electron chi connectivity index (χ0n) is 12.4. The molecule has 0 bridgehead atoms. The summed E-state index contributed by atoms with van der Waals surface area (Å²) in [6, 6.07) is 1.72. The molecule has 6 heteroatoms. The van der Waals surface area contributed by atoms with E-state index in [9.17, 15) is 8.42 Å². The number of nitrogens with zero attached hydrogens (tertiary/aromatic N) is 1. The second-order valence-corrected chi connectivity index (χ2v) is 7.71. The van der Waals surface area contributed by atoms with Crippen molar-refractivity contribution in [2.24, 2.45) is 12.5 Å². The van der Waals surface area contributed by atoms with E-state index in [4.69, 9.17) is 0 Å². The lowest BCUT2D eigenvalue weighted by Crippen LogP contribution is -2.32. The number of hydrogen-bond acceptors (Lipinski definition) is 3. The summed E-state index contributed by atoms with van der Waals surface area (Å²) in [5.41, 5.74) is 0.882. The number of sulfonamides is 1. The first-order chi connectivity index (χ1) is 8.65. The summed E-state index contributed by atoms with van der Waals surface area (Å²) in [6.45, 7) is 9.96. The van der Waals surface area contributed by atoms with Crippen molar-refractivity contribution in [3.63, 3.8) is 0 Å². The van der Waals surface area contributed by atoms with Crippen molar-refractivity contribution in [3.8, 4) is 0 Å². The van der Waals surface area contributed by atoms with Crippen molar-refractivity contribution >= 4 is 10.0 Å².